The Morgan fingerprint density at radius 1 is 1.39 bits per heavy atom. The number of nitrogens with two attached hydrogens (primary N) is 2. The monoisotopic (exact) mass is 318 g/mol. The van der Waals surface area contributed by atoms with Gasteiger partial charge in [-0.1, -0.05) is 19.8 Å². The molecule has 1 aromatic heterocycles. The van der Waals surface area contributed by atoms with Crippen LogP contribution in [0.15, 0.2) is 18.2 Å². The molecule has 8 nitrogen and oxygen atoms in total. The third kappa shape index (κ3) is 4.05. The second-order valence-corrected chi connectivity index (χ2v) is 5.30. The SMILES string of the molecule is CCCC[C@H](CO)Nc1nc(N)nc2cc(C(=O)NN)ccc12. The van der Waals surface area contributed by atoms with E-state index in [0.717, 1.165) is 24.6 Å². The third-order valence-corrected chi connectivity index (χ3v) is 3.57. The number of hydrazine groups is 1. The first-order valence-electron chi connectivity index (χ1n) is 7.54. The highest BCUT2D eigenvalue weighted by atomic mass is 16.3. The summed E-state index contributed by atoms with van der Waals surface area (Å²) in [7, 11) is 0. The molecule has 0 fully saturated rings. The Bertz CT molecular complexity index is 691. The molecule has 0 saturated heterocycles. The molecule has 0 aliphatic rings. The van der Waals surface area contributed by atoms with Crippen LogP contribution in [-0.4, -0.2) is 33.6 Å². The van der Waals surface area contributed by atoms with Gasteiger partial charge in [-0.05, 0) is 24.6 Å². The van der Waals surface area contributed by atoms with Crippen molar-refractivity contribution in [3.63, 3.8) is 0 Å². The Morgan fingerprint density at radius 3 is 2.83 bits per heavy atom. The van der Waals surface area contributed by atoms with Crippen molar-refractivity contribution in [3.05, 3.63) is 23.8 Å². The first-order valence-corrected chi connectivity index (χ1v) is 7.54. The minimum absolute atomic E-state index is 0.000929. The van der Waals surface area contributed by atoms with E-state index in [1.165, 1.54) is 0 Å². The zero-order chi connectivity index (χ0) is 16.8. The van der Waals surface area contributed by atoms with Gasteiger partial charge in [0.25, 0.3) is 5.91 Å². The van der Waals surface area contributed by atoms with Crippen molar-refractivity contribution < 1.29 is 9.90 Å². The van der Waals surface area contributed by atoms with Gasteiger partial charge in [0.2, 0.25) is 5.95 Å². The molecule has 0 unspecified atom stereocenters. The van der Waals surface area contributed by atoms with Gasteiger partial charge in [0, 0.05) is 10.9 Å². The maximum atomic E-state index is 11.6. The van der Waals surface area contributed by atoms with Crippen LogP contribution < -0.4 is 22.3 Å². The lowest BCUT2D eigenvalue weighted by Crippen LogP contribution is -2.30. The summed E-state index contributed by atoms with van der Waals surface area (Å²) in [5, 5.41) is 13.4. The molecule has 0 aliphatic carbocycles. The first-order chi connectivity index (χ1) is 11.1. The van der Waals surface area contributed by atoms with Gasteiger partial charge >= 0.3 is 0 Å². The average Bonchev–Trinajstić information content (AvgIpc) is 2.56. The predicted molar refractivity (Wildman–Crippen MR) is 89.6 cm³/mol. The molecule has 1 heterocycles. The van der Waals surface area contributed by atoms with E-state index in [-0.39, 0.29) is 18.6 Å². The molecule has 7 N–H and O–H groups in total. The van der Waals surface area contributed by atoms with Gasteiger partial charge in [-0.3, -0.25) is 10.2 Å². The van der Waals surface area contributed by atoms with E-state index in [1.54, 1.807) is 18.2 Å². The van der Waals surface area contributed by atoms with E-state index < -0.39 is 5.91 Å². The van der Waals surface area contributed by atoms with Crippen LogP contribution in [0.2, 0.25) is 0 Å². The minimum atomic E-state index is -0.408. The summed E-state index contributed by atoms with van der Waals surface area (Å²) in [6.45, 7) is 2.09. The number of rotatable bonds is 7. The number of aliphatic hydroxyl groups is 1. The normalized spacial score (nSPS) is 12.1. The molecule has 2 rings (SSSR count). The molecular formula is C15H22N6O2. The van der Waals surface area contributed by atoms with E-state index in [0.29, 0.717) is 16.9 Å². The third-order valence-electron chi connectivity index (χ3n) is 3.57. The highest BCUT2D eigenvalue weighted by Gasteiger charge is 2.13. The zero-order valence-electron chi connectivity index (χ0n) is 13.0. The molecule has 0 aliphatic heterocycles. The van der Waals surface area contributed by atoms with Gasteiger partial charge in [0.1, 0.15) is 5.82 Å². The van der Waals surface area contributed by atoms with Crippen LogP contribution in [0.5, 0.6) is 0 Å². The Hall–Kier alpha value is -2.45. The number of amides is 1. The van der Waals surface area contributed by atoms with E-state index in [9.17, 15) is 9.90 Å². The Morgan fingerprint density at radius 2 is 2.17 bits per heavy atom. The van der Waals surface area contributed by atoms with Gasteiger partial charge in [-0.2, -0.15) is 4.98 Å². The van der Waals surface area contributed by atoms with Crippen molar-refractivity contribution in [1.82, 2.24) is 15.4 Å². The first kappa shape index (κ1) is 16.9. The number of hydrogen-bond donors (Lipinski definition) is 5. The fourth-order valence-corrected chi connectivity index (χ4v) is 2.34. The molecule has 2 aromatic rings. The van der Waals surface area contributed by atoms with Crippen LogP contribution in [-0.2, 0) is 0 Å². The molecule has 23 heavy (non-hydrogen) atoms. The quantitative estimate of drug-likeness (QED) is 0.289. The zero-order valence-corrected chi connectivity index (χ0v) is 13.0. The molecule has 1 amide bonds. The summed E-state index contributed by atoms with van der Waals surface area (Å²) in [6, 6.07) is 4.85. The number of carbonyl (C=O) groups excluding carboxylic acids is 1. The largest absolute Gasteiger partial charge is 0.394 e. The number of fused-ring (bicyclic) bond motifs is 1. The second kappa shape index (κ2) is 7.70. The lowest BCUT2D eigenvalue weighted by molar-refractivity contribution is 0.0954. The molecular weight excluding hydrogens is 296 g/mol. The Labute approximate surface area is 134 Å². The van der Waals surface area contributed by atoms with Crippen LogP contribution in [0.25, 0.3) is 10.9 Å². The lowest BCUT2D eigenvalue weighted by Gasteiger charge is -2.18. The number of unbranched alkanes of at least 4 members (excludes halogenated alkanes) is 1. The Balaban J connectivity index is 2.37. The van der Waals surface area contributed by atoms with Crippen molar-refractivity contribution in [2.75, 3.05) is 17.7 Å². The highest BCUT2D eigenvalue weighted by Crippen LogP contribution is 2.23. The summed E-state index contributed by atoms with van der Waals surface area (Å²) in [6.07, 6.45) is 2.87. The smallest absolute Gasteiger partial charge is 0.265 e. The van der Waals surface area contributed by atoms with E-state index in [4.69, 9.17) is 11.6 Å². The lowest BCUT2D eigenvalue weighted by atomic mass is 10.1. The maximum absolute atomic E-state index is 11.6. The van der Waals surface area contributed by atoms with Crippen molar-refractivity contribution in [2.24, 2.45) is 5.84 Å². The standard InChI is InChI=1S/C15H22N6O2/c1-2-3-4-10(8-22)18-13-11-6-5-9(14(23)21-17)7-12(11)19-15(16)20-13/h5-7,10,22H,2-4,8,17H2,1H3,(H,21,23)(H3,16,18,19,20)/t10-/m1/s1. The summed E-state index contributed by atoms with van der Waals surface area (Å²) in [5.41, 5.74) is 8.75. The molecule has 8 heteroatoms. The van der Waals surface area contributed by atoms with Gasteiger partial charge in [-0.25, -0.2) is 10.8 Å². The Kier molecular flexibility index (Phi) is 5.67. The van der Waals surface area contributed by atoms with Gasteiger partial charge < -0.3 is 16.2 Å². The van der Waals surface area contributed by atoms with Gasteiger partial charge in [-0.15, -0.1) is 0 Å². The van der Waals surface area contributed by atoms with Gasteiger partial charge in [0.05, 0.1) is 18.2 Å². The summed E-state index contributed by atoms with van der Waals surface area (Å²) in [4.78, 5) is 20.0. The van der Waals surface area contributed by atoms with Crippen molar-refractivity contribution >= 4 is 28.6 Å². The maximum Gasteiger partial charge on any atom is 0.265 e. The topological polar surface area (TPSA) is 139 Å². The summed E-state index contributed by atoms with van der Waals surface area (Å²) < 4.78 is 0. The molecule has 0 radical (unpaired) electrons. The van der Waals surface area contributed by atoms with Gasteiger partial charge in [0.15, 0.2) is 0 Å². The minimum Gasteiger partial charge on any atom is -0.394 e. The highest BCUT2D eigenvalue weighted by molar-refractivity contribution is 5.99. The predicted octanol–water partition coefficient (Wildman–Crippen LogP) is 0.779. The van der Waals surface area contributed by atoms with Crippen LogP contribution in [0.3, 0.4) is 0 Å². The molecule has 124 valence electrons. The number of hydrogen-bond acceptors (Lipinski definition) is 7. The summed E-state index contributed by atoms with van der Waals surface area (Å²) in [5.74, 6) is 5.37. The van der Waals surface area contributed by atoms with Crippen molar-refractivity contribution in [3.8, 4) is 0 Å². The van der Waals surface area contributed by atoms with Crippen molar-refractivity contribution in [1.29, 1.82) is 0 Å². The number of nitrogens with one attached hydrogen (secondary N) is 2. The molecule has 0 spiro atoms. The number of carbonyl (C=O) groups is 1. The molecule has 1 aromatic carbocycles. The van der Waals surface area contributed by atoms with Crippen molar-refractivity contribution in [2.45, 2.75) is 32.2 Å². The number of anilines is 2. The number of benzene rings is 1. The van der Waals surface area contributed by atoms with Crippen LogP contribution in [0.4, 0.5) is 11.8 Å². The van der Waals surface area contributed by atoms with Crippen LogP contribution in [0, 0.1) is 0 Å². The fraction of sp³-hybridized carbons (Fsp3) is 0.400. The molecule has 0 saturated carbocycles. The fourth-order valence-electron chi connectivity index (χ4n) is 2.34. The average molecular weight is 318 g/mol. The van der Waals surface area contributed by atoms with E-state index in [2.05, 4.69) is 27.6 Å². The van der Waals surface area contributed by atoms with Crippen LogP contribution >= 0.6 is 0 Å². The van der Waals surface area contributed by atoms with E-state index in [1.807, 2.05) is 0 Å². The number of nitrogen functional groups attached to an aromatic ring is 2. The number of nitrogens with zero attached hydrogens (tertiary/aromatic N) is 2. The summed E-state index contributed by atoms with van der Waals surface area (Å²) >= 11 is 0. The second-order valence-electron chi connectivity index (χ2n) is 5.30. The molecule has 1 atom stereocenters. The number of aromatic nitrogens is 2. The van der Waals surface area contributed by atoms with Crippen LogP contribution in [0.1, 0.15) is 36.5 Å². The molecule has 0 bridgehead atoms. The van der Waals surface area contributed by atoms with E-state index >= 15 is 0 Å². The number of aliphatic hydroxyl groups excluding tert-OH is 1.